The minimum Gasteiger partial charge on any atom is -0.477 e. The fraction of sp³-hybridized carbons (Fsp3) is 0.0588. The lowest BCUT2D eigenvalue weighted by atomic mass is 10.1. The number of hydrogen-bond donors (Lipinski definition) is 1. The van der Waals surface area contributed by atoms with Gasteiger partial charge in [0, 0.05) is 28.6 Å². The maximum atomic E-state index is 11.0. The van der Waals surface area contributed by atoms with E-state index in [2.05, 4.69) is 10.1 Å². The Morgan fingerprint density at radius 2 is 2.17 bits per heavy atom. The molecular weight excluding hydrogens is 324 g/mol. The smallest absolute Gasteiger partial charge is 0.354 e. The summed E-state index contributed by atoms with van der Waals surface area (Å²) in [6.07, 6.45) is 7.21. The number of hydrogen-bond acceptors (Lipinski definition) is 5. The Labute approximate surface area is 141 Å². The number of aromatic carboxylic acids is 1. The molecule has 3 aromatic rings. The fourth-order valence-electron chi connectivity index (χ4n) is 2.12. The van der Waals surface area contributed by atoms with Crippen LogP contribution in [0.15, 0.2) is 36.7 Å². The van der Waals surface area contributed by atoms with Crippen LogP contribution in [0.1, 0.15) is 26.6 Å². The molecule has 0 fully saturated rings. The molecule has 3 heterocycles. The van der Waals surface area contributed by atoms with Gasteiger partial charge in [0.2, 0.25) is 0 Å². The van der Waals surface area contributed by atoms with Crippen LogP contribution in [0.3, 0.4) is 0 Å². The molecule has 118 valence electrons. The van der Waals surface area contributed by atoms with E-state index in [1.807, 2.05) is 37.5 Å². The number of thiophene rings is 1. The van der Waals surface area contributed by atoms with Crippen molar-refractivity contribution in [2.45, 2.75) is 0 Å². The highest BCUT2D eigenvalue weighted by Crippen LogP contribution is 2.28. The lowest BCUT2D eigenvalue weighted by molar-refractivity contribution is 0.0690. The van der Waals surface area contributed by atoms with Gasteiger partial charge in [0.15, 0.2) is 0 Å². The maximum absolute atomic E-state index is 11.0. The van der Waals surface area contributed by atoms with E-state index in [0.717, 1.165) is 15.3 Å². The van der Waals surface area contributed by atoms with Gasteiger partial charge in [-0.1, -0.05) is 0 Å². The second-order valence-corrected chi connectivity index (χ2v) is 6.10. The molecule has 24 heavy (non-hydrogen) atoms. The maximum Gasteiger partial charge on any atom is 0.354 e. The Hall–Kier alpha value is -3.24. The van der Waals surface area contributed by atoms with E-state index in [1.165, 1.54) is 12.1 Å². The summed E-state index contributed by atoms with van der Waals surface area (Å²) in [7, 11) is 1.86. The Morgan fingerprint density at radius 3 is 2.83 bits per heavy atom. The molecule has 0 aliphatic heterocycles. The quantitative estimate of drug-likeness (QED) is 0.789. The Kier molecular flexibility index (Phi) is 4.22. The van der Waals surface area contributed by atoms with Crippen molar-refractivity contribution in [3.63, 3.8) is 0 Å². The number of rotatable bonds is 4. The zero-order chi connectivity index (χ0) is 17.1. The van der Waals surface area contributed by atoms with E-state index >= 15 is 0 Å². The van der Waals surface area contributed by atoms with Gasteiger partial charge in [0.1, 0.15) is 11.8 Å². The van der Waals surface area contributed by atoms with Gasteiger partial charge in [-0.25, -0.2) is 9.78 Å². The first-order chi connectivity index (χ1) is 11.6. The van der Waals surface area contributed by atoms with Crippen molar-refractivity contribution >= 4 is 29.5 Å². The number of nitrogens with zero attached hydrogens (tertiary/aromatic N) is 4. The Bertz CT molecular complexity index is 979. The van der Waals surface area contributed by atoms with E-state index in [4.69, 9.17) is 10.4 Å². The van der Waals surface area contributed by atoms with Crippen molar-refractivity contribution in [1.29, 1.82) is 5.26 Å². The number of nitriles is 1. The lowest BCUT2D eigenvalue weighted by Crippen LogP contribution is -2.02. The summed E-state index contributed by atoms with van der Waals surface area (Å²) in [4.78, 5) is 17.1. The number of aromatic nitrogens is 3. The third-order valence-electron chi connectivity index (χ3n) is 3.29. The Morgan fingerprint density at radius 1 is 1.33 bits per heavy atom. The molecule has 1 N–H and O–H groups in total. The number of pyridine rings is 1. The molecule has 0 radical (unpaired) electrons. The van der Waals surface area contributed by atoms with Crippen molar-refractivity contribution in [2.75, 3.05) is 0 Å². The van der Waals surface area contributed by atoms with Gasteiger partial charge < -0.3 is 5.11 Å². The minimum atomic E-state index is -1.12. The molecule has 0 unspecified atom stereocenters. The fourth-order valence-corrected chi connectivity index (χ4v) is 3.01. The van der Waals surface area contributed by atoms with Crippen molar-refractivity contribution in [3.05, 3.63) is 58.5 Å². The number of carboxylic acids is 1. The minimum absolute atomic E-state index is 0.0871. The van der Waals surface area contributed by atoms with Crippen LogP contribution >= 0.6 is 11.3 Å². The van der Waals surface area contributed by atoms with Crippen LogP contribution in [-0.4, -0.2) is 25.8 Å². The summed E-state index contributed by atoms with van der Waals surface area (Å²) in [6, 6.07) is 8.75. The average molecular weight is 336 g/mol. The van der Waals surface area contributed by atoms with E-state index in [-0.39, 0.29) is 5.69 Å². The summed E-state index contributed by atoms with van der Waals surface area (Å²) in [6.45, 7) is 0. The van der Waals surface area contributed by atoms with E-state index in [1.54, 1.807) is 28.3 Å². The van der Waals surface area contributed by atoms with Gasteiger partial charge in [-0.15, -0.1) is 11.3 Å². The zero-order valence-electron chi connectivity index (χ0n) is 12.7. The second kappa shape index (κ2) is 6.48. The van der Waals surface area contributed by atoms with Gasteiger partial charge >= 0.3 is 5.97 Å². The van der Waals surface area contributed by atoms with Crippen molar-refractivity contribution < 1.29 is 9.90 Å². The molecule has 0 aliphatic rings. The van der Waals surface area contributed by atoms with Gasteiger partial charge in [-0.05, 0) is 36.4 Å². The standard InChI is InChI=1S/C17H12N4O2S/c1-21-10-12(9-19-21)16-7-4-13(24-16)3-6-14-11(8-18)2-5-15(20-14)17(22)23/h2-7,9-10H,1H3,(H,22,23)/b6-3+. The van der Waals surface area contributed by atoms with Gasteiger partial charge in [0.05, 0.1) is 17.5 Å². The van der Waals surface area contributed by atoms with Crippen LogP contribution in [0.2, 0.25) is 0 Å². The SMILES string of the molecule is Cn1cc(-c2ccc(/C=C/c3nc(C(=O)O)ccc3C#N)s2)cn1. The van der Waals surface area contributed by atoms with E-state index < -0.39 is 5.97 Å². The highest BCUT2D eigenvalue weighted by Gasteiger charge is 2.09. The molecule has 0 spiro atoms. The number of aryl methyl sites for hydroxylation is 1. The highest BCUT2D eigenvalue weighted by atomic mass is 32.1. The molecule has 0 bridgehead atoms. The molecular formula is C17H12N4O2S. The summed E-state index contributed by atoms with van der Waals surface area (Å²) in [5.74, 6) is -1.12. The summed E-state index contributed by atoms with van der Waals surface area (Å²) in [5.41, 5.74) is 1.62. The summed E-state index contributed by atoms with van der Waals surface area (Å²) in [5, 5.41) is 22.3. The first-order valence-corrected chi connectivity index (χ1v) is 7.80. The second-order valence-electron chi connectivity index (χ2n) is 4.98. The first kappa shape index (κ1) is 15.6. The molecule has 0 aromatic carbocycles. The predicted molar refractivity (Wildman–Crippen MR) is 91.4 cm³/mol. The monoisotopic (exact) mass is 336 g/mol. The molecule has 0 saturated carbocycles. The molecule has 3 rings (SSSR count). The number of carbonyl (C=O) groups is 1. The van der Waals surface area contributed by atoms with Crippen LogP contribution in [0, 0.1) is 11.3 Å². The molecule has 0 atom stereocenters. The molecule has 7 heteroatoms. The zero-order valence-corrected chi connectivity index (χ0v) is 13.5. The molecule has 3 aromatic heterocycles. The van der Waals surface area contributed by atoms with Gasteiger partial charge in [0.25, 0.3) is 0 Å². The molecule has 0 aliphatic carbocycles. The van der Waals surface area contributed by atoms with E-state index in [9.17, 15) is 4.79 Å². The van der Waals surface area contributed by atoms with Gasteiger partial charge in [-0.3, -0.25) is 4.68 Å². The van der Waals surface area contributed by atoms with Crippen molar-refractivity contribution in [1.82, 2.24) is 14.8 Å². The topological polar surface area (TPSA) is 91.8 Å². The molecule has 6 nitrogen and oxygen atoms in total. The number of carboxylic acid groups (broad SMARTS) is 1. The summed E-state index contributed by atoms with van der Waals surface area (Å²) >= 11 is 1.58. The normalized spacial score (nSPS) is 10.8. The first-order valence-electron chi connectivity index (χ1n) is 6.98. The van der Waals surface area contributed by atoms with Crippen molar-refractivity contribution in [2.24, 2.45) is 7.05 Å². The van der Waals surface area contributed by atoms with Crippen LogP contribution in [0.25, 0.3) is 22.6 Å². The molecule has 0 amide bonds. The van der Waals surface area contributed by atoms with Crippen LogP contribution in [0.4, 0.5) is 0 Å². The third kappa shape index (κ3) is 3.24. The Balaban J connectivity index is 1.89. The van der Waals surface area contributed by atoms with Crippen molar-refractivity contribution in [3.8, 4) is 16.5 Å². The van der Waals surface area contributed by atoms with Gasteiger partial charge in [-0.2, -0.15) is 10.4 Å². The van der Waals surface area contributed by atoms with Crippen LogP contribution in [0.5, 0.6) is 0 Å². The molecule has 0 saturated heterocycles. The largest absolute Gasteiger partial charge is 0.477 e. The third-order valence-corrected chi connectivity index (χ3v) is 4.39. The lowest BCUT2D eigenvalue weighted by Gasteiger charge is -1.99. The predicted octanol–water partition coefficient (Wildman–Crippen LogP) is 3.28. The van der Waals surface area contributed by atoms with Crippen LogP contribution in [-0.2, 0) is 7.05 Å². The van der Waals surface area contributed by atoms with E-state index in [0.29, 0.717) is 11.3 Å². The van der Waals surface area contributed by atoms with Crippen LogP contribution < -0.4 is 0 Å². The highest BCUT2D eigenvalue weighted by molar-refractivity contribution is 7.16. The summed E-state index contributed by atoms with van der Waals surface area (Å²) < 4.78 is 1.74. The average Bonchev–Trinajstić information content (AvgIpc) is 3.21.